The van der Waals surface area contributed by atoms with Crippen LogP contribution in [0.4, 0.5) is 4.39 Å². The van der Waals surface area contributed by atoms with Crippen LogP contribution in [0.15, 0.2) is 18.2 Å². The number of hydrogen-bond donors (Lipinski definition) is 2. The Morgan fingerprint density at radius 1 is 1.42 bits per heavy atom. The number of benzene rings is 1. The molecule has 130 valence electrons. The highest BCUT2D eigenvalue weighted by Crippen LogP contribution is 2.27. The first-order valence-corrected chi connectivity index (χ1v) is 8.63. The van der Waals surface area contributed by atoms with E-state index in [2.05, 4.69) is 10.6 Å². The molecule has 1 aromatic rings. The molecule has 0 bridgehead atoms. The molecule has 0 unspecified atom stereocenters. The molecule has 0 aromatic heterocycles. The van der Waals surface area contributed by atoms with Crippen LogP contribution in [-0.4, -0.2) is 42.4 Å². The minimum absolute atomic E-state index is 0.0751. The van der Waals surface area contributed by atoms with Crippen LogP contribution in [0.2, 0.25) is 5.02 Å². The maximum Gasteiger partial charge on any atom is 0.237 e. The summed E-state index contributed by atoms with van der Waals surface area (Å²) >= 11 is 5.70. The lowest BCUT2D eigenvalue weighted by Gasteiger charge is -2.34. The van der Waals surface area contributed by atoms with Crippen LogP contribution < -0.4 is 10.6 Å². The summed E-state index contributed by atoms with van der Waals surface area (Å²) in [6.45, 7) is 2.24. The van der Waals surface area contributed by atoms with Crippen LogP contribution in [0.25, 0.3) is 0 Å². The zero-order chi connectivity index (χ0) is 17.1. The van der Waals surface area contributed by atoms with Crippen molar-refractivity contribution in [1.29, 1.82) is 0 Å². The van der Waals surface area contributed by atoms with Gasteiger partial charge in [-0.3, -0.25) is 14.5 Å². The molecule has 2 N–H and O–H groups in total. The van der Waals surface area contributed by atoms with Crippen LogP contribution in [0.1, 0.15) is 24.8 Å². The second-order valence-electron chi connectivity index (χ2n) is 6.48. The average molecular weight is 354 g/mol. The molecule has 0 radical (unpaired) electrons. The monoisotopic (exact) mass is 353 g/mol. The first kappa shape index (κ1) is 17.2. The average Bonchev–Trinajstić information content (AvgIpc) is 3.37. The Bertz CT molecular complexity index is 636. The third-order valence-electron chi connectivity index (χ3n) is 4.47. The van der Waals surface area contributed by atoms with Crippen molar-refractivity contribution in [2.24, 2.45) is 5.92 Å². The molecule has 1 aromatic carbocycles. The van der Waals surface area contributed by atoms with E-state index in [0.717, 1.165) is 5.56 Å². The first-order chi connectivity index (χ1) is 11.5. The lowest BCUT2D eigenvalue weighted by Crippen LogP contribution is -2.56. The van der Waals surface area contributed by atoms with Gasteiger partial charge >= 0.3 is 0 Å². The molecule has 24 heavy (non-hydrogen) atoms. The molecule has 2 fully saturated rings. The fourth-order valence-corrected chi connectivity index (χ4v) is 2.99. The Hall–Kier alpha value is -1.66. The van der Waals surface area contributed by atoms with Crippen molar-refractivity contribution in [3.8, 4) is 0 Å². The van der Waals surface area contributed by atoms with Gasteiger partial charge in [-0.15, -0.1) is 0 Å². The van der Waals surface area contributed by atoms with Crippen LogP contribution in [0.5, 0.6) is 0 Å². The van der Waals surface area contributed by atoms with E-state index in [1.54, 1.807) is 6.07 Å². The van der Waals surface area contributed by atoms with Gasteiger partial charge in [-0.1, -0.05) is 17.7 Å². The number of rotatable bonds is 6. The zero-order valence-electron chi connectivity index (χ0n) is 13.4. The molecule has 7 heteroatoms. The minimum atomic E-state index is -0.531. The molecule has 1 aliphatic carbocycles. The van der Waals surface area contributed by atoms with Gasteiger partial charge in [0.2, 0.25) is 11.8 Å². The molecule has 1 atom stereocenters. The number of carbonyl (C=O) groups excluding carboxylic acids is 2. The fourth-order valence-electron chi connectivity index (χ4n) is 2.87. The first-order valence-electron chi connectivity index (χ1n) is 8.25. The van der Waals surface area contributed by atoms with E-state index >= 15 is 0 Å². The smallest absolute Gasteiger partial charge is 0.237 e. The summed E-state index contributed by atoms with van der Waals surface area (Å²) in [7, 11) is 0. The second kappa shape index (κ2) is 7.49. The fraction of sp³-hybridized carbons (Fsp3) is 0.529. The highest BCUT2D eigenvalue weighted by Gasteiger charge is 2.32. The zero-order valence-corrected chi connectivity index (χ0v) is 14.1. The van der Waals surface area contributed by atoms with E-state index in [0.29, 0.717) is 32.1 Å². The quantitative estimate of drug-likeness (QED) is 0.818. The summed E-state index contributed by atoms with van der Waals surface area (Å²) in [6.07, 6.45) is 2.45. The molecule has 1 saturated carbocycles. The summed E-state index contributed by atoms with van der Waals surface area (Å²) in [5.41, 5.74) is 0.731. The predicted octanol–water partition coefficient (Wildman–Crippen LogP) is 1.70. The Labute approximate surface area is 145 Å². The van der Waals surface area contributed by atoms with Crippen molar-refractivity contribution in [3.63, 3.8) is 0 Å². The van der Waals surface area contributed by atoms with E-state index in [9.17, 15) is 14.0 Å². The van der Waals surface area contributed by atoms with E-state index < -0.39 is 11.9 Å². The normalized spacial score (nSPS) is 21.4. The number of nitrogens with one attached hydrogen (secondary N) is 2. The number of carbonyl (C=O) groups is 2. The highest BCUT2D eigenvalue weighted by molar-refractivity contribution is 6.30. The third kappa shape index (κ3) is 4.45. The molecule has 1 heterocycles. The van der Waals surface area contributed by atoms with Gasteiger partial charge in [-0.25, -0.2) is 4.39 Å². The van der Waals surface area contributed by atoms with Crippen molar-refractivity contribution >= 4 is 23.4 Å². The summed E-state index contributed by atoms with van der Waals surface area (Å²) in [5.74, 6) is -0.148. The predicted molar refractivity (Wildman–Crippen MR) is 89.0 cm³/mol. The summed E-state index contributed by atoms with van der Waals surface area (Å²) in [5, 5.41) is 5.76. The molecule has 0 spiro atoms. The minimum Gasteiger partial charge on any atom is -0.356 e. The highest BCUT2D eigenvalue weighted by atomic mass is 35.5. The van der Waals surface area contributed by atoms with Gasteiger partial charge in [0.05, 0.1) is 17.5 Å². The number of amides is 2. The van der Waals surface area contributed by atoms with E-state index in [1.807, 2.05) is 4.90 Å². The van der Waals surface area contributed by atoms with Crippen LogP contribution in [-0.2, 0) is 16.1 Å². The van der Waals surface area contributed by atoms with Gasteiger partial charge in [-0.2, -0.15) is 0 Å². The van der Waals surface area contributed by atoms with Crippen LogP contribution >= 0.6 is 11.6 Å². The molecular weight excluding hydrogens is 333 g/mol. The van der Waals surface area contributed by atoms with Gasteiger partial charge in [-0.05, 0) is 36.5 Å². The second-order valence-corrected chi connectivity index (χ2v) is 6.88. The van der Waals surface area contributed by atoms with Crippen molar-refractivity contribution in [2.45, 2.75) is 31.8 Å². The summed E-state index contributed by atoms with van der Waals surface area (Å²) in [4.78, 5) is 26.2. The van der Waals surface area contributed by atoms with Crippen molar-refractivity contribution in [2.75, 3.05) is 19.6 Å². The standard InChI is InChI=1S/C17H21ClFN3O2/c18-13-4-3-12(7-14(13)19)10-22-6-5-20-17(24)15(22)8-16(23)21-9-11-1-2-11/h3-4,7,11,15H,1-2,5-6,8-10H2,(H,20,24)(H,21,23)/t15-/m1/s1. The largest absolute Gasteiger partial charge is 0.356 e. The van der Waals surface area contributed by atoms with E-state index in [4.69, 9.17) is 11.6 Å². The molecule has 2 amide bonds. The number of hydrogen-bond acceptors (Lipinski definition) is 3. The molecule has 1 aliphatic heterocycles. The Morgan fingerprint density at radius 3 is 2.92 bits per heavy atom. The Balaban J connectivity index is 1.63. The van der Waals surface area contributed by atoms with E-state index in [1.165, 1.54) is 25.0 Å². The number of nitrogens with zero attached hydrogens (tertiary/aromatic N) is 1. The van der Waals surface area contributed by atoms with E-state index in [-0.39, 0.29) is 23.3 Å². The van der Waals surface area contributed by atoms with Gasteiger partial charge in [0.25, 0.3) is 0 Å². The Morgan fingerprint density at radius 2 is 2.21 bits per heavy atom. The van der Waals surface area contributed by atoms with Crippen molar-refractivity contribution in [1.82, 2.24) is 15.5 Å². The van der Waals surface area contributed by atoms with Gasteiger partial charge in [0, 0.05) is 26.2 Å². The maximum atomic E-state index is 13.6. The van der Waals surface area contributed by atoms with Crippen LogP contribution in [0, 0.1) is 11.7 Å². The molecule has 1 saturated heterocycles. The number of halogens is 2. The molecule has 2 aliphatic rings. The molecule has 5 nitrogen and oxygen atoms in total. The topological polar surface area (TPSA) is 61.4 Å². The van der Waals surface area contributed by atoms with Gasteiger partial charge in [0.1, 0.15) is 5.82 Å². The Kier molecular flexibility index (Phi) is 5.36. The lowest BCUT2D eigenvalue weighted by molar-refractivity contribution is -0.134. The maximum absolute atomic E-state index is 13.6. The summed E-state index contributed by atoms with van der Waals surface area (Å²) in [6, 6.07) is 4.09. The lowest BCUT2D eigenvalue weighted by atomic mass is 10.1. The molecular formula is C17H21ClFN3O2. The SMILES string of the molecule is O=C(C[C@@H]1C(=O)NCCN1Cc1ccc(Cl)c(F)c1)NCC1CC1. The number of piperazine rings is 1. The third-order valence-corrected chi connectivity index (χ3v) is 4.78. The summed E-state index contributed by atoms with van der Waals surface area (Å²) < 4.78 is 13.6. The van der Waals surface area contributed by atoms with Gasteiger partial charge < -0.3 is 10.6 Å². The van der Waals surface area contributed by atoms with Crippen molar-refractivity contribution in [3.05, 3.63) is 34.6 Å². The molecule has 3 rings (SSSR count). The van der Waals surface area contributed by atoms with Gasteiger partial charge in [0.15, 0.2) is 0 Å². The van der Waals surface area contributed by atoms with Crippen LogP contribution in [0.3, 0.4) is 0 Å². The van der Waals surface area contributed by atoms with Crippen molar-refractivity contribution < 1.29 is 14.0 Å².